The van der Waals surface area contributed by atoms with E-state index in [-0.39, 0.29) is 0 Å². The Morgan fingerprint density at radius 3 is 2.56 bits per heavy atom. The molecule has 1 rings (SSSR count). The molecule has 5 heteroatoms. The minimum Gasteiger partial charge on any atom is -0.398 e. The highest BCUT2D eigenvalue weighted by Crippen LogP contribution is 2.11. The van der Waals surface area contributed by atoms with Crippen LogP contribution in [0.5, 0.6) is 0 Å². The molecular weight excluding hydrogens is 220 g/mol. The zero-order valence-electron chi connectivity index (χ0n) is 9.69. The van der Waals surface area contributed by atoms with Gasteiger partial charge >= 0.3 is 0 Å². The summed E-state index contributed by atoms with van der Waals surface area (Å²) in [4.78, 5) is 1.78. The average molecular weight is 236 g/mol. The summed E-state index contributed by atoms with van der Waals surface area (Å²) in [5, 5.41) is 4.74. The first kappa shape index (κ1) is 12.4. The van der Waals surface area contributed by atoms with Crippen molar-refractivity contribution >= 4 is 28.7 Å². The quantitative estimate of drug-likeness (QED) is 0.353. The molecule has 16 heavy (non-hydrogen) atoms. The van der Waals surface area contributed by atoms with Crippen molar-refractivity contribution in [3.05, 3.63) is 29.8 Å². The molecule has 0 spiro atoms. The lowest BCUT2D eigenvalue weighted by Gasteiger charge is -2.13. The third kappa shape index (κ3) is 3.20. The van der Waals surface area contributed by atoms with Crippen molar-refractivity contribution in [2.45, 2.75) is 6.92 Å². The third-order valence-electron chi connectivity index (χ3n) is 2.08. The van der Waals surface area contributed by atoms with Crippen molar-refractivity contribution in [3.63, 3.8) is 0 Å². The molecule has 0 bridgehead atoms. The molecule has 86 valence electrons. The van der Waals surface area contributed by atoms with Gasteiger partial charge in [0, 0.05) is 25.3 Å². The van der Waals surface area contributed by atoms with Crippen LogP contribution in [-0.4, -0.2) is 29.8 Å². The number of rotatable bonds is 2. The molecule has 0 amide bonds. The van der Waals surface area contributed by atoms with Gasteiger partial charge in [-0.2, -0.15) is 5.10 Å². The molecule has 1 aromatic rings. The Labute approximate surface area is 101 Å². The molecule has 0 saturated heterocycles. The van der Waals surface area contributed by atoms with Crippen LogP contribution in [0.4, 0.5) is 5.69 Å². The van der Waals surface area contributed by atoms with Gasteiger partial charge in [-0.25, -0.2) is 0 Å². The van der Waals surface area contributed by atoms with Crippen LogP contribution >= 0.6 is 12.2 Å². The summed E-state index contributed by atoms with van der Waals surface area (Å²) >= 11 is 5.06. The first-order chi connectivity index (χ1) is 7.52. The van der Waals surface area contributed by atoms with E-state index in [4.69, 9.17) is 18.0 Å². The van der Waals surface area contributed by atoms with E-state index in [2.05, 4.69) is 10.5 Å². The van der Waals surface area contributed by atoms with Crippen molar-refractivity contribution in [1.29, 1.82) is 0 Å². The lowest BCUT2D eigenvalue weighted by Crippen LogP contribution is -2.31. The monoisotopic (exact) mass is 236 g/mol. The highest BCUT2D eigenvalue weighted by molar-refractivity contribution is 7.80. The Hall–Kier alpha value is -1.62. The van der Waals surface area contributed by atoms with Gasteiger partial charge in [0.25, 0.3) is 0 Å². The normalized spacial score (nSPS) is 11.1. The fraction of sp³-hybridized carbons (Fsp3) is 0.273. The summed E-state index contributed by atoms with van der Waals surface area (Å²) in [5.74, 6) is 0. The zero-order chi connectivity index (χ0) is 12.1. The van der Waals surface area contributed by atoms with Crippen LogP contribution in [0.3, 0.4) is 0 Å². The third-order valence-corrected chi connectivity index (χ3v) is 2.53. The molecule has 0 atom stereocenters. The molecule has 0 radical (unpaired) electrons. The van der Waals surface area contributed by atoms with E-state index in [1.807, 2.05) is 45.3 Å². The minimum absolute atomic E-state index is 0.564. The Morgan fingerprint density at radius 2 is 2.00 bits per heavy atom. The molecule has 1 aromatic carbocycles. The van der Waals surface area contributed by atoms with Gasteiger partial charge in [0.1, 0.15) is 0 Å². The lowest BCUT2D eigenvalue weighted by atomic mass is 10.1. The van der Waals surface area contributed by atoms with Crippen LogP contribution in [0.15, 0.2) is 29.4 Å². The fourth-order valence-electron chi connectivity index (χ4n) is 1.12. The number of benzene rings is 1. The molecule has 0 aliphatic carbocycles. The molecule has 0 heterocycles. The largest absolute Gasteiger partial charge is 0.398 e. The van der Waals surface area contributed by atoms with Gasteiger partial charge < -0.3 is 10.6 Å². The predicted octanol–water partition coefficient (Wildman–Crippen LogP) is 1.43. The molecule has 0 aliphatic rings. The maximum atomic E-state index is 5.84. The summed E-state index contributed by atoms with van der Waals surface area (Å²) < 4.78 is 0. The molecule has 0 saturated carbocycles. The van der Waals surface area contributed by atoms with Gasteiger partial charge in [0.05, 0.1) is 5.71 Å². The first-order valence-electron chi connectivity index (χ1n) is 4.89. The SMILES string of the molecule is CC(=NNC(=S)N(C)C)c1ccccc1N. The van der Waals surface area contributed by atoms with Crippen LogP contribution in [0.2, 0.25) is 0 Å². The number of nitrogen functional groups attached to an aromatic ring is 1. The molecule has 0 aromatic heterocycles. The predicted molar refractivity (Wildman–Crippen MR) is 72.5 cm³/mol. The van der Waals surface area contributed by atoms with Gasteiger partial charge in [0.15, 0.2) is 5.11 Å². The Balaban J connectivity index is 2.79. The molecule has 0 fully saturated rings. The molecule has 4 nitrogen and oxygen atoms in total. The van der Waals surface area contributed by atoms with Crippen molar-refractivity contribution in [3.8, 4) is 0 Å². The van der Waals surface area contributed by atoms with Crippen molar-refractivity contribution < 1.29 is 0 Å². The Bertz CT molecular complexity index is 412. The number of hydrogen-bond donors (Lipinski definition) is 2. The van der Waals surface area contributed by atoms with E-state index in [1.165, 1.54) is 0 Å². The van der Waals surface area contributed by atoms with Crippen molar-refractivity contribution in [2.24, 2.45) is 5.10 Å². The van der Waals surface area contributed by atoms with Crippen LogP contribution in [-0.2, 0) is 0 Å². The van der Waals surface area contributed by atoms with Gasteiger partial charge in [-0.1, -0.05) is 18.2 Å². The fourth-order valence-corrected chi connectivity index (χ4v) is 1.16. The lowest BCUT2D eigenvalue weighted by molar-refractivity contribution is 0.606. The number of nitrogens with two attached hydrogens (primary N) is 1. The molecule has 0 unspecified atom stereocenters. The molecular formula is C11H16N4S. The van der Waals surface area contributed by atoms with Crippen LogP contribution in [0.25, 0.3) is 0 Å². The van der Waals surface area contributed by atoms with Crippen LogP contribution in [0.1, 0.15) is 12.5 Å². The van der Waals surface area contributed by atoms with Crippen LogP contribution in [0, 0.1) is 0 Å². The highest BCUT2D eigenvalue weighted by Gasteiger charge is 2.02. The highest BCUT2D eigenvalue weighted by atomic mass is 32.1. The second kappa shape index (κ2) is 5.46. The summed E-state index contributed by atoms with van der Waals surface area (Å²) in [6.07, 6.45) is 0. The van der Waals surface area contributed by atoms with E-state index in [9.17, 15) is 0 Å². The standard InChI is InChI=1S/C11H16N4S/c1-8(13-14-11(16)15(2)3)9-6-4-5-7-10(9)12/h4-7H,12H2,1-3H3,(H,14,16). The number of nitrogens with one attached hydrogen (secondary N) is 1. The molecule has 0 aliphatic heterocycles. The zero-order valence-corrected chi connectivity index (χ0v) is 10.5. The van der Waals surface area contributed by atoms with Crippen LogP contribution < -0.4 is 11.2 Å². The second-order valence-corrected chi connectivity index (χ2v) is 3.98. The summed E-state index contributed by atoms with van der Waals surface area (Å²) in [6.45, 7) is 1.89. The summed E-state index contributed by atoms with van der Waals surface area (Å²) in [6, 6.07) is 7.59. The Morgan fingerprint density at radius 1 is 1.38 bits per heavy atom. The number of nitrogens with zero attached hydrogens (tertiary/aromatic N) is 2. The second-order valence-electron chi connectivity index (χ2n) is 3.60. The van der Waals surface area contributed by atoms with E-state index in [1.54, 1.807) is 4.90 Å². The summed E-state index contributed by atoms with van der Waals surface area (Å²) in [7, 11) is 3.72. The number of anilines is 1. The Kier molecular flexibility index (Phi) is 4.25. The van der Waals surface area contributed by atoms with Gasteiger partial charge in [-0.3, -0.25) is 5.43 Å². The van der Waals surface area contributed by atoms with Gasteiger partial charge in [-0.15, -0.1) is 0 Å². The van der Waals surface area contributed by atoms with Gasteiger partial charge in [-0.05, 0) is 25.2 Å². The number of para-hydroxylation sites is 1. The van der Waals surface area contributed by atoms with E-state index < -0.39 is 0 Å². The molecule has 3 N–H and O–H groups in total. The van der Waals surface area contributed by atoms with E-state index >= 15 is 0 Å². The van der Waals surface area contributed by atoms with E-state index in [0.717, 1.165) is 11.3 Å². The summed E-state index contributed by atoms with van der Waals surface area (Å²) in [5.41, 5.74) is 11.1. The maximum absolute atomic E-state index is 5.84. The minimum atomic E-state index is 0.564. The number of hydrazone groups is 1. The number of hydrogen-bond acceptors (Lipinski definition) is 3. The van der Waals surface area contributed by atoms with Crippen molar-refractivity contribution in [1.82, 2.24) is 10.3 Å². The topological polar surface area (TPSA) is 53.7 Å². The smallest absolute Gasteiger partial charge is 0.189 e. The number of thiocarbonyl (C=S) groups is 1. The van der Waals surface area contributed by atoms with Gasteiger partial charge in [0.2, 0.25) is 0 Å². The average Bonchev–Trinajstić information content (AvgIpc) is 2.25. The maximum Gasteiger partial charge on any atom is 0.189 e. The first-order valence-corrected chi connectivity index (χ1v) is 5.29. The van der Waals surface area contributed by atoms with Crippen molar-refractivity contribution in [2.75, 3.05) is 19.8 Å². The van der Waals surface area contributed by atoms with E-state index in [0.29, 0.717) is 10.8 Å².